The quantitative estimate of drug-likeness (QED) is 0.798. The Hall–Kier alpha value is -1.03. The molecule has 4 heteroatoms. The van der Waals surface area contributed by atoms with Crippen molar-refractivity contribution in [2.24, 2.45) is 0 Å². The first-order valence-electron chi connectivity index (χ1n) is 5.38. The Morgan fingerprint density at radius 3 is 3.00 bits per heavy atom. The lowest BCUT2D eigenvalue weighted by atomic mass is 10.3. The molecule has 1 fully saturated rings. The number of carbonyl (C=O) groups excluding carboxylic acids is 1. The van der Waals surface area contributed by atoms with Gasteiger partial charge >= 0.3 is 0 Å². The number of carbonyl (C=O) groups is 1. The number of benzene rings is 1. The van der Waals surface area contributed by atoms with Crippen molar-refractivity contribution in [3.8, 4) is 5.75 Å². The summed E-state index contributed by atoms with van der Waals surface area (Å²) in [4.78, 5) is 13.8. The van der Waals surface area contributed by atoms with Crippen LogP contribution in [0, 0.1) is 0 Å². The molecule has 0 aliphatic carbocycles. The summed E-state index contributed by atoms with van der Waals surface area (Å²) < 4.78 is 5.42. The molecule has 0 N–H and O–H groups in total. The van der Waals surface area contributed by atoms with Gasteiger partial charge < -0.3 is 9.64 Å². The molecule has 1 unspecified atom stereocenters. The van der Waals surface area contributed by atoms with Gasteiger partial charge in [-0.25, -0.2) is 0 Å². The van der Waals surface area contributed by atoms with E-state index in [0.717, 1.165) is 18.0 Å². The van der Waals surface area contributed by atoms with Crippen molar-refractivity contribution in [3.63, 3.8) is 0 Å². The number of rotatable bonds is 3. The summed E-state index contributed by atoms with van der Waals surface area (Å²) in [6, 6.07) is 7.66. The average Bonchev–Trinajstić information content (AvgIpc) is 2.59. The van der Waals surface area contributed by atoms with Gasteiger partial charge in [0.2, 0.25) is 5.91 Å². The number of alkyl halides is 1. The van der Waals surface area contributed by atoms with Crippen LogP contribution in [-0.2, 0) is 4.79 Å². The second kappa shape index (κ2) is 4.87. The molecule has 1 atom stereocenters. The van der Waals surface area contributed by atoms with Crippen molar-refractivity contribution in [3.05, 3.63) is 24.3 Å². The van der Waals surface area contributed by atoms with E-state index in [9.17, 15) is 4.79 Å². The molecular formula is C12H14BrNO2. The molecule has 16 heavy (non-hydrogen) atoms. The number of hydrogen-bond acceptors (Lipinski definition) is 2. The van der Waals surface area contributed by atoms with E-state index in [4.69, 9.17) is 4.74 Å². The van der Waals surface area contributed by atoms with Gasteiger partial charge in [-0.05, 0) is 19.1 Å². The smallest absolute Gasteiger partial charge is 0.228 e. The van der Waals surface area contributed by atoms with Gasteiger partial charge in [0.05, 0.1) is 6.61 Å². The monoisotopic (exact) mass is 283 g/mol. The minimum absolute atomic E-state index is 0.163. The molecule has 1 saturated heterocycles. The van der Waals surface area contributed by atoms with Crippen molar-refractivity contribution < 1.29 is 9.53 Å². The standard InChI is InChI=1S/C12H14BrNO2/c1-2-16-11-5-3-4-10(7-11)14-8-9(13)6-12(14)15/h3-5,7,9H,2,6,8H2,1H3. The zero-order valence-corrected chi connectivity index (χ0v) is 10.7. The summed E-state index contributed by atoms with van der Waals surface area (Å²) in [6.07, 6.45) is 0.568. The fourth-order valence-corrected chi connectivity index (χ4v) is 2.39. The van der Waals surface area contributed by atoms with E-state index in [1.54, 1.807) is 4.90 Å². The Bertz CT molecular complexity index is 394. The molecule has 86 valence electrons. The molecule has 0 aromatic heterocycles. The normalized spacial score (nSPS) is 20.2. The molecule has 1 aliphatic rings. The lowest BCUT2D eigenvalue weighted by Gasteiger charge is -2.16. The lowest BCUT2D eigenvalue weighted by molar-refractivity contribution is -0.117. The highest BCUT2D eigenvalue weighted by atomic mass is 79.9. The Morgan fingerprint density at radius 2 is 2.38 bits per heavy atom. The molecular weight excluding hydrogens is 270 g/mol. The number of halogens is 1. The second-order valence-corrected chi connectivity index (χ2v) is 5.03. The van der Waals surface area contributed by atoms with Crippen LogP contribution in [0.4, 0.5) is 5.69 Å². The number of nitrogens with zero attached hydrogens (tertiary/aromatic N) is 1. The fraction of sp³-hybridized carbons (Fsp3) is 0.417. The van der Waals surface area contributed by atoms with Crippen LogP contribution in [0.15, 0.2) is 24.3 Å². The SMILES string of the molecule is CCOc1cccc(N2CC(Br)CC2=O)c1. The minimum Gasteiger partial charge on any atom is -0.494 e. The van der Waals surface area contributed by atoms with E-state index in [1.165, 1.54) is 0 Å². The van der Waals surface area contributed by atoms with Crippen molar-refractivity contribution >= 4 is 27.5 Å². The van der Waals surface area contributed by atoms with E-state index in [0.29, 0.717) is 13.0 Å². The van der Waals surface area contributed by atoms with Gasteiger partial charge in [-0.15, -0.1) is 0 Å². The van der Waals surface area contributed by atoms with Crippen LogP contribution in [0.2, 0.25) is 0 Å². The third kappa shape index (κ3) is 2.38. The van der Waals surface area contributed by atoms with Gasteiger partial charge in [0, 0.05) is 29.5 Å². The average molecular weight is 284 g/mol. The fourth-order valence-electron chi connectivity index (χ4n) is 1.82. The van der Waals surface area contributed by atoms with E-state index < -0.39 is 0 Å². The van der Waals surface area contributed by atoms with Gasteiger partial charge in [-0.2, -0.15) is 0 Å². The molecule has 1 heterocycles. The second-order valence-electron chi connectivity index (χ2n) is 3.74. The molecule has 1 amide bonds. The van der Waals surface area contributed by atoms with Crippen molar-refractivity contribution in [1.82, 2.24) is 0 Å². The number of amides is 1. The van der Waals surface area contributed by atoms with Crippen molar-refractivity contribution in [2.45, 2.75) is 18.2 Å². The molecule has 0 radical (unpaired) electrons. The van der Waals surface area contributed by atoms with E-state index in [2.05, 4.69) is 15.9 Å². The number of ether oxygens (including phenoxy) is 1. The van der Waals surface area contributed by atoms with Gasteiger partial charge in [0.15, 0.2) is 0 Å². The summed E-state index contributed by atoms with van der Waals surface area (Å²) in [5, 5.41) is 0. The maximum atomic E-state index is 11.7. The predicted molar refractivity (Wildman–Crippen MR) is 67.3 cm³/mol. The maximum Gasteiger partial charge on any atom is 0.228 e. The van der Waals surface area contributed by atoms with Crippen molar-refractivity contribution in [1.29, 1.82) is 0 Å². The Morgan fingerprint density at radius 1 is 1.56 bits per heavy atom. The first-order chi connectivity index (χ1) is 7.70. The summed E-state index contributed by atoms with van der Waals surface area (Å²) in [7, 11) is 0. The van der Waals surface area contributed by atoms with Crippen molar-refractivity contribution in [2.75, 3.05) is 18.1 Å². The van der Waals surface area contributed by atoms with Crippen LogP contribution in [0.3, 0.4) is 0 Å². The van der Waals surface area contributed by atoms with Gasteiger partial charge in [0.1, 0.15) is 5.75 Å². The largest absolute Gasteiger partial charge is 0.494 e. The van der Waals surface area contributed by atoms with Crippen LogP contribution in [0.25, 0.3) is 0 Å². The summed E-state index contributed by atoms with van der Waals surface area (Å²) >= 11 is 3.47. The highest BCUT2D eigenvalue weighted by Gasteiger charge is 2.28. The highest BCUT2D eigenvalue weighted by Crippen LogP contribution is 2.27. The molecule has 0 spiro atoms. The van der Waals surface area contributed by atoms with Gasteiger partial charge in [-0.1, -0.05) is 22.0 Å². The number of anilines is 1. The van der Waals surface area contributed by atoms with E-state index >= 15 is 0 Å². The zero-order chi connectivity index (χ0) is 11.5. The Kier molecular flexibility index (Phi) is 3.49. The van der Waals surface area contributed by atoms with Gasteiger partial charge in [0.25, 0.3) is 0 Å². The first-order valence-corrected chi connectivity index (χ1v) is 6.29. The maximum absolute atomic E-state index is 11.7. The molecule has 3 nitrogen and oxygen atoms in total. The number of hydrogen-bond donors (Lipinski definition) is 0. The third-order valence-electron chi connectivity index (χ3n) is 2.52. The molecule has 0 saturated carbocycles. The van der Waals surface area contributed by atoms with E-state index in [-0.39, 0.29) is 10.7 Å². The van der Waals surface area contributed by atoms with Crippen LogP contribution >= 0.6 is 15.9 Å². The summed E-state index contributed by atoms with van der Waals surface area (Å²) in [6.45, 7) is 3.31. The molecule has 0 bridgehead atoms. The van der Waals surface area contributed by atoms with Crippen LogP contribution < -0.4 is 9.64 Å². The highest BCUT2D eigenvalue weighted by molar-refractivity contribution is 9.09. The molecule has 2 rings (SSSR count). The Labute approximate surface area is 104 Å². The molecule has 1 aromatic carbocycles. The predicted octanol–water partition coefficient (Wildman–Crippen LogP) is 2.59. The lowest BCUT2D eigenvalue weighted by Crippen LogP contribution is -2.24. The Balaban J connectivity index is 2.20. The topological polar surface area (TPSA) is 29.5 Å². The molecule has 1 aromatic rings. The van der Waals surface area contributed by atoms with Crippen LogP contribution in [0.1, 0.15) is 13.3 Å². The van der Waals surface area contributed by atoms with E-state index in [1.807, 2.05) is 31.2 Å². The van der Waals surface area contributed by atoms with Crippen LogP contribution in [-0.4, -0.2) is 23.9 Å². The van der Waals surface area contributed by atoms with Gasteiger partial charge in [-0.3, -0.25) is 4.79 Å². The first kappa shape index (κ1) is 11.5. The minimum atomic E-state index is 0.163. The third-order valence-corrected chi connectivity index (χ3v) is 3.13. The zero-order valence-electron chi connectivity index (χ0n) is 9.15. The van der Waals surface area contributed by atoms with Crippen LogP contribution in [0.5, 0.6) is 5.75 Å². The summed E-state index contributed by atoms with van der Waals surface area (Å²) in [5.74, 6) is 0.973. The summed E-state index contributed by atoms with van der Waals surface area (Å²) in [5.41, 5.74) is 0.915. The molecule has 1 aliphatic heterocycles.